The third-order valence-corrected chi connectivity index (χ3v) is 7.59. The number of carbonyl (C=O) groups is 1. The summed E-state index contributed by atoms with van der Waals surface area (Å²) in [5.74, 6) is 0.0657. The van der Waals surface area contributed by atoms with E-state index in [0.29, 0.717) is 30.5 Å². The first-order chi connectivity index (χ1) is 16.3. The van der Waals surface area contributed by atoms with Gasteiger partial charge in [0, 0.05) is 68.8 Å². The van der Waals surface area contributed by atoms with Crippen molar-refractivity contribution < 1.29 is 18.0 Å². The monoisotopic (exact) mass is 475 g/mol. The average Bonchev–Trinajstić information content (AvgIpc) is 3.51. The van der Waals surface area contributed by atoms with E-state index in [1.54, 1.807) is 6.07 Å². The summed E-state index contributed by atoms with van der Waals surface area (Å²) in [6, 6.07) is 5.94. The minimum atomic E-state index is -4.33. The molecule has 1 amide bonds. The third kappa shape index (κ3) is 4.42. The molecule has 1 aliphatic carbocycles. The number of nitrogens with zero attached hydrogens (tertiary/aromatic N) is 5. The van der Waals surface area contributed by atoms with Gasteiger partial charge in [-0.2, -0.15) is 18.3 Å². The maximum absolute atomic E-state index is 13.2. The topological polar surface area (TPSA) is 44.6 Å². The summed E-state index contributed by atoms with van der Waals surface area (Å²) in [7, 11) is 0. The molecule has 1 unspecified atom stereocenters. The van der Waals surface area contributed by atoms with Crippen LogP contribution in [0.2, 0.25) is 0 Å². The second-order valence-corrected chi connectivity index (χ2v) is 9.56. The third-order valence-electron chi connectivity index (χ3n) is 7.59. The molecule has 1 aromatic carbocycles. The summed E-state index contributed by atoms with van der Waals surface area (Å²) >= 11 is 0. The standard InChI is InChI=1S/C25H32F3N5O/c1-2-33-22-9-8-20(17-21(22)23(29-33)24(34)32-10-3-4-11-32)31-14-12-30(13-15-31)19-7-5-6-18(16-19)25(26,27)28/h5-7,16,20H,2-4,8-15,17H2,1H3. The first-order valence-corrected chi connectivity index (χ1v) is 12.4. The largest absolute Gasteiger partial charge is 0.416 e. The van der Waals surface area contributed by atoms with Gasteiger partial charge in [-0.25, -0.2) is 0 Å². The number of rotatable bonds is 4. The van der Waals surface area contributed by atoms with Crippen LogP contribution in [0.25, 0.3) is 0 Å². The molecular formula is C25H32F3N5O. The zero-order chi connectivity index (χ0) is 23.9. The minimum Gasteiger partial charge on any atom is -0.369 e. The van der Waals surface area contributed by atoms with Crippen LogP contribution < -0.4 is 4.90 Å². The summed E-state index contributed by atoms with van der Waals surface area (Å²) < 4.78 is 41.3. The predicted octanol–water partition coefficient (Wildman–Crippen LogP) is 3.84. The number of aryl methyl sites for hydroxylation is 1. The van der Waals surface area contributed by atoms with E-state index in [4.69, 9.17) is 5.10 Å². The number of amides is 1. The first-order valence-electron chi connectivity index (χ1n) is 12.4. The van der Waals surface area contributed by atoms with Crippen molar-refractivity contribution in [2.24, 2.45) is 0 Å². The lowest BCUT2D eigenvalue weighted by Gasteiger charge is -2.41. The van der Waals surface area contributed by atoms with Gasteiger partial charge in [0.25, 0.3) is 5.91 Å². The number of fused-ring (bicyclic) bond motifs is 1. The Balaban J connectivity index is 1.27. The molecule has 6 nitrogen and oxygen atoms in total. The van der Waals surface area contributed by atoms with E-state index < -0.39 is 11.7 Å². The van der Waals surface area contributed by atoms with Crippen molar-refractivity contribution in [3.8, 4) is 0 Å². The summed E-state index contributed by atoms with van der Waals surface area (Å²) in [5, 5.41) is 4.72. The second kappa shape index (κ2) is 9.24. The van der Waals surface area contributed by atoms with Crippen molar-refractivity contribution in [2.45, 2.75) is 57.8 Å². The Morgan fingerprint density at radius 3 is 2.50 bits per heavy atom. The second-order valence-electron chi connectivity index (χ2n) is 9.56. The Kier molecular flexibility index (Phi) is 6.31. The highest BCUT2D eigenvalue weighted by molar-refractivity contribution is 5.94. The highest BCUT2D eigenvalue weighted by atomic mass is 19.4. The van der Waals surface area contributed by atoms with Crippen LogP contribution >= 0.6 is 0 Å². The molecule has 5 rings (SSSR count). The first kappa shape index (κ1) is 23.2. The molecule has 1 atom stereocenters. The molecule has 34 heavy (non-hydrogen) atoms. The number of alkyl halides is 3. The highest BCUT2D eigenvalue weighted by Crippen LogP contribution is 2.33. The summed E-state index contributed by atoms with van der Waals surface area (Å²) in [6.45, 7) is 7.44. The maximum Gasteiger partial charge on any atom is 0.416 e. The lowest BCUT2D eigenvalue weighted by atomic mass is 9.89. The lowest BCUT2D eigenvalue weighted by molar-refractivity contribution is -0.137. The molecule has 2 fully saturated rings. The Labute approximate surface area is 198 Å². The quantitative estimate of drug-likeness (QED) is 0.674. The Morgan fingerprint density at radius 2 is 1.82 bits per heavy atom. The van der Waals surface area contributed by atoms with Gasteiger partial charge in [0.15, 0.2) is 5.69 Å². The molecule has 2 aliphatic heterocycles. The molecule has 0 spiro atoms. The number of benzene rings is 1. The molecule has 0 bridgehead atoms. The molecule has 2 aromatic rings. The number of likely N-dealkylation sites (tertiary alicyclic amines) is 1. The fourth-order valence-corrected chi connectivity index (χ4v) is 5.71. The molecule has 0 radical (unpaired) electrons. The smallest absolute Gasteiger partial charge is 0.369 e. The van der Waals surface area contributed by atoms with E-state index in [-0.39, 0.29) is 5.91 Å². The van der Waals surface area contributed by atoms with E-state index in [0.717, 1.165) is 76.5 Å². The van der Waals surface area contributed by atoms with E-state index in [2.05, 4.69) is 11.8 Å². The highest BCUT2D eigenvalue weighted by Gasteiger charge is 2.35. The van der Waals surface area contributed by atoms with Crippen LogP contribution in [0.15, 0.2) is 24.3 Å². The van der Waals surface area contributed by atoms with Crippen molar-refractivity contribution in [3.63, 3.8) is 0 Å². The summed E-state index contributed by atoms with van der Waals surface area (Å²) in [4.78, 5) is 19.6. The van der Waals surface area contributed by atoms with E-state index in [9.17, 15) is 18.0 Å². The Morgan fingerprint density at radius 1 is 1.09 bits per heavy atom. The van der Waals surface area contributed by atoms with E-state index in [1.165, 1.54) is 17.8 Å². The molecule has 9 heteroatoms. The van der Waals surface area contributed by atoms with Crippen molar-refractivity contribution >= 4 is 11.6 Å². The van der Waals surface area contributed by atoms with Gasteiger partial charge in [-0.15, -0.1) is 0 Å². The molecule has 3 aliphatic rings. The molecule has 0 N–H and O–H groups in total. The van der Waals surface area contributed by atoms with Crippen LogP contribution in [0.3, 0.4) is 0 Å². The van der Waals surface area contributed by atoms with Crippen LogP contribution in [0.1, 0.15) is 53.5 Å². The maximum atomic E-state index is 13.2. The number of aromatic nitrogens is 2. The normalized spacial score (nSPS) is 21.7. The molecule has 184 valence electrons. The number of anilines is 1. The zero-order valence-electron chi connectivity index (χ0n) is 19.7. The van der Waals surface area contributed by atoms with E-state index in [1.807, 2.05) is 14.5 Å². The zero-order valence-corrected chi connectivity index (χ0v) is 19.7. The van der Waals surface area contributed by atoms with Crippen LogP contribution in [0.5, 0.6) is 0 Å². The Bertz CT molecular complexity index is 1040. The van der Waals surface area contributed by atoms with Gasteiger partial charge in [0.05, 0.1) is 5.56 Å². The van der Waals surface area contributed by atoms with Gasteiger partial charge < -0.3 is 9.80 Å². The number of halogens is 3. The van der Waals surface area contributed by atoms with Crippen LogP contribution in [-0.2, 0) is 25.6 Å². The van der Waals surface area contributed by atoms with Gasteiger partial charge in [0.1, 0.15) is 0 Å². The van der Waals surface area contributed by atoms with Crippen molar-refractivity contribution in [2.75, 3.05) is 44.2 Å². The number of hydrogen-bond donors (Lipinski definition) is 0. The summed E-state index contributed by atoms with van der Waals surface area (Å²) in [5.41, 5.74) is 2.96. The van der Waals surface area contributed by atoms with Crippen molar-refractivity contribution in [3.05, 3.63) is 46.8 Å². The van der Waals surface area contributed by atoms with Gasteiger partial charge in [-0.05, 0) is 57.2 Å². The lowest BCUT2D eigenvalue weighted by Crippen LogP contribution is -2.52. The number of hydrogen-bond acceptors (Lipinski definition) is 4. The fourth-order valence-electron chi connectivity index (χ4n) is 5.71. The molecule has 2 saturated heterocycles. The average molecular weight is 476 g/mol. The SMILES string of the molecule is CCn1nc(C(=O)N2CCCC2)c2c1CCC(N1CCN(c3cccc(C(F)(F)F)c3)CC1)C2. The fraction of sp³-hybridized carbons (Fsp3) is 0.600. The molecule has 1 aromatic heterocycles. The minimum absolute atomic E-state index is 0.0657. The predicted molar refractivity (Wildman–Crippen MR) is 124 cm³/mol. The molecule has 3 heterocycles. The molecular weight excluding hydrogens is 443 g/mol. The molecule has 0 saturated carbocycles. The number of piperazine rings is 1. The van der Waals surface area contributed by atoms with Crippen molar-refractivity contribution in [1.29, 1.82) is 0 Å². The van der Waals surface area contributed by atoms with Gasteiger partial charge in [-0.1, -0.05) is 6.07 Å². The van der Waals surface area contributed by atoms with Gasteiger partial charge in [-0.3, -0.25) is 14.4 Å². The van der Waals surface area contributed by atoms with E-state index >= 15 is 0 Å². The Hall–Kier alpha value is -2.55. The van der Waals surface area contributed by atoms with Crippen LogP contribution in [-0.4, -0.2) is 70.8 Å². The van der Waals surface area contributed by atoms with Gasteiger partial charge >= 0.3 is 6.18 Å². The van der Waals surface area contributed by atoms with Gasteiger partial charge in [0.2, 0.25) is 0 Å². The summed E-state index contributed by atoms with van der Waals surface area (Å²) in [6.07, 6.45) is 0.516. The van der Waals surface area contributed by atoms with Crippen LogP contribution in [0, 0.1) is 0 Å². The van der Waals surface area contributed by atoms with Crippen LogP contribution in [0.4, 0.5) is 18.9 Å². The van der Waals surface area contributed by atoms with Crippen molar-refractivity contribution in [1.82, 2.24) is 19.6 Å². The number of carbonyl (C=O) groups excluding carboxylic acids is 1.